The van der Waals surface area contributed by atoms with E-state index in [4.69, 9.17) is 11.6 Å². The van der Waals surface area contributed by atoms with Gasteiger partial charge < -0.3 is 10.2 Å². The molecule has 0 aliphatic carbocycles. The second kappa shape index (κ2) is 6.18. The van der Waals surface area contributed by atoms with E-state index in [1.54, 1.807) is 17.0 Å². The molecule has 8 heteroatoms. The summed E-state index contributed by atoms with van der Waals surface area (Å²) in [5.74, 6) is 0.0409. The molecule has 1 N–H and O–H groups in total. The fraction of sp³-hybridized carbons (Fsp3) is 0.357. The topological polar surface area (TPSA) is 69.7 Å². The van der Waals surface area contributed by atoms with E-state index in [0.717, 1.165) is 17.3 Å². The van der Waals surface area contributed by atoms with E-state index in [9.17, 15) is 14.4 Å². The number of carbonyl (C=O) groups excluding carboxylic acids is 3. The van der Waals surface area contributed by atoms with Gasteiger partial charge in [0.1, 0.15) is 0 Å². The molecular weight excluding hydrogens is 326 g/mol. The Hall–Kier alpha value is -1.73. The fourth-order valence-corrected chi connectivity index (χ4v) is 3.30. The van der Waals surface area contributed by atoms with E-state index in [2.05, 4.69) is 5.32 Å². The highest BCUT2D eigenvalue weighted by atomic mass is 35.5. The third-order valence-corrected chi connectivity index (χ3v) is 4.74. The highest BCUT2D eigenvalue weighted by molar-refractivity contribution is 8.14. The number of amides is 4. The lowest BCUT2D eigenvalue weighted by atomic mass is 10.1. The molecule has 22 heavy (non-hydrogen) atoms. The molecule has 2 saturated heterocycles. The molecule has 0 unspecified atom stereocenters. The summed E-state index contributed by atoms with van der Waals surface area (Å²) in [7, 11) is 0. The molecule has 116 valence electrons. The Balaban J connectivity index is 1.46. The van der Waals surface area contributed by atoms with Crippen molar-refractivity contribution in [2.24, 2.45) is 0 Å². The first-order chi connectivity index (χ1) is 10.5. The fourth-order valence-electron chi connectivity index (χ4n) is 2.39. The normalized spacial score (nSPS) is 18.6. The Morgan fingerprint density at radius 1 is 1.27 bits per heavy atom. The number of carbonyl (C=O) groups is 3. The van der Waals surface area contributed by atoms with Crippen LogP contribution in [0, 0.1) is 0 Å². The minimum Gasteiger partial charge on any atom is -0.334 e. The van der Waals surface area contributed by atoms with Crippen molar-refractivity contribution >= 4 is 40.5 Å². The Labute approximate surface area is 136 Å². The maximum Gasteiger partial charge on any atom is 0.317 e. The Bertz CT molecular complexity index is 600. The third-order valence-electron chi connectivity index (χ3n) is 3.66. The molecule has 2 heterocycles. The van der Waals surface area contributed by atoms with Gasteiger partial charge in [-0.05, 0) is 17.7 Å². The van der Waals surface area contributed by atoms with Crippen molar-refractivity contribution in [2.75, 3.05) is 18.8 Å². The second-order valence-electron chi connectivity index (χ2n) is 5.16. The van der Waals surface area contributed by atoms with Crippen LogP contribution >= 0.6 is 23.4 Å². The summed E-state index contributed by atoms with van der Waals surface area (Å²) >= 11 is 6.82. The summed E-state index contributed by atoms with van der Waals surface area (Å²) in [5, 5.41) is 3.24. The van der Waals surface area contributed by atoms with E-state index in [-0.39, 0.29) is 29.0 Å². The van der Waals surface area contributed by atoms with Crippen LogP contribution in [-0.2, 0) is 11.3 Å². The molecule has 0 bridgehead atoms. The molecule has 3 rings (SSSR count). The van der Waals surface area contributed by atoms with Crippen molar-refractivity contribution in [2.45, 2.75) is 12.6 Å². The number of likely N-dealkylation sites (tertiary alicyclic amines) is 1. The molecule has 2 fully saturated rings. The number of benzene rings is 1. The van der Waals surface area contributed by atoms with Crippen molar-refractivity contribution in [3.63, 3.8) is 0 Å². The smallest absolute Gasteiger partial charge is 0.317 e. The lowest BCUT2D eigenvalue weighted by molar-refractivity contribution is -0.128. The number of urea groups is 1. The molecule has 0 aromatic heterocycles. The first-order valence-corrected chi connectivity index (χ1v) is 8.17. The van der Waals surface area contributed by atoms with Crippen LogP contribution in [0.2, 0.25) is 5.02 Å². The zero-order chi connectivity index (χ0) is 15.7. The lowest BCUT2D eigenvalue weighted by Gasteiger charge is -2.42. The minimum absolute atomic E-state index is 0.166. The molecule has 0 atom stereocenters. The number of nitrogens with one attached hydrogen (secondary N) is 1. The van der Waals surface area contributed by atoms with Crippen LogP contribution in [0.15, 0.2) is 24.3 Å². The molecule has 2 aliphatic rings. The maximum atomic E-state index is 12.0. The highest BCUT2D eigenvalue weighted by Crippen LogP contribution is 2.26. The zero-order valence-electron chi connectivity index (χ0n) is 11.6. The summed E-state index contributed by atoms with van der Waals surface area (Å²) in [6.45, 7) is 1.20. The van der Waals surface area contributed by atoms with Crippen LogP contribution < -0.4 is 5.32 Å². The Kier molecular flexibility index (Phi) is 4.26. The summed E-state index contributed by atoms with van der Waals surface area (Å²) in [4.78, 5) is 38.0. The van der Waals surface area contributed by atoms with Crippen LogP contribution in [0.3, 0.4) is 0 Å². The van der Waals surface area contributed by atoms with E-state index in [1.807, 2.05) is 12.1 Å². The summed E-state index contributed by atoms with van der Waals surface area (Å²) in [5.41, 5.74) is 0.955. The molecule has 6 nitrogen and oxygen atoms in total. The SMILES string of the molecule is O=C(NCc1ccc(Cl)cc1)N1CC(N2C(=O)CSC2=O)C1. The average Bonchev–Trinajstić information content (AvgIpc) is 2.77. The van der Waals surface area contributed by atoms with Crippen molar-refractivity contribution in [3.05, 3.63) is 34.9 Å². The van der Waals surface area contributed by atoms with Crippen molar-refractivity contribution in [1.82, 2.24) is 15.1 Å². The van der Waals surface area contributed by atoms with Gasteiger partial charge in [-0.3, -0.25) is 14.5 Å². The van der Waals surface area contributed by atoms with Gasteiger partial charge in [-0.25, -0.2) is 4.79 Å². The molecule has 1 aromatic rings. The molecule has 4 amide bonds. The van der Waals surface area contributed by atoms with Crippen molar-refractivity contribution < 1.29 is 14.4 Å². The number of rotatable bonds is 3. The largest absolute Gasteiger partial charge is 0.334 e. The number of nitrogens with zero attached hydrogens (tertiary/aromatic N) is 2. The van der Waals surface area contributed by atoms with Gasteiger partial charge in [0.15, 0.2) is 0 Å². The second-order valence-corrected chi connectivity index (χ2v) is 6.53. The molecule has 2 aliphatic heterocycles. The predicted octanol–water partition coefficient (Wildman–Crippen LogP) is 1.93. The van der Waals surface area contributed by atoms with E-state index in [1.165, 1.54) is 4.90 Å². The summed E-state index contributed by atoms with van der Waals surface area (Å²) in [6.07, 6.45) is 0. The monoisotopic (exact) mass is 339 g/mol. The number of imide groups is 1. The van der Waals surface area contributed by atoms with Gasteiger partial charge in [-0.15, -0.1) is 0 Å². The van der Waals surface area contributed by atoms with Crippen LogP contribution in [0.1, 0.15) is 5.56 Å². The average molecular weight is 340 g/mol. The van der Waals surface area contributed by atoms with Gasteiger partial charge in [0.2, 0.25) is 5.91 Å². The molecule has 0 radical (unpaired) electrons. The number of hydrogen-bond acceptors (Lipinski definition) is 4. The maximum absolute atomic E-state index is 12.0. The van der Waals surface area contributed by atoms with E-state index >= 15 is 0 Å². The first kappa shape index (κ1) is 15.2. The standard InChI is InChI=1S/C14H14ClN3O3S/c15-10-3-1-9(2-4-10)5-16-13(20)17-6-11(7-17)18-12(19)8-22-14(18)21/h1-4,11H,5-8H2,(H,16,20). The number of thioether (sulfide) groups is 1. The lowest BCUT2D eigenvalue weighted by Crippen LogP contribution is -2.63. The number of hydrogen-bond donors (Lipinski definition) is 1. The quantitative estimate of drug-likeness (QED) is 0.913. The van der Waals surface area contributed by atoms with E-state index < -0.39 is 0 Å². The van der Waals surface area contributed by atoms with Gasteiger partial charge in [0.05, 0.1) is 11.8 Å². The third kappa shape index (κ3) is 3.05. The van der Waals surface area contributed by atoms with Gasteiger partial charge in [-0.1, -0.05) is 35.5 Å². The van der Waals surface area contributed by atoms with Gasteiger partial charge in [-0.2, -0.15) is 0 Å². The van der Waals surface area contributed by atoms with Crippen LogP contribution in [0.4, 0.5) is 9.59 Å². The van der Waals surface area contributed by atoms with E-state index in [0.29, 0.717) is 24.7 Å². The highest BCUT2D eigenvalue weighted by Gasteiger charge is 2.43. The zero-order valence-corrected chi connectivity index (χ0v) is 13.2. The number of halogens is 1. The van der Waals surface area contributed by atoms with Crippen LogP contribution in [-0.4, -0.2) is 51.9 Å². The van der Waals surface area contributed by atoms with Crippen LogP contribution in [0.25, 0.3) is 0 Å². The Morgan fingerprint density at radius 3 is 2.55 bits per heavy atom. The summed E-state index contributed by atoms with van der Waals surface area (Å²) < 4.78 is 0. The van der Waals surface area contributed by atoms with Gasteiger partial charge >= 0.3 is 6.03 Å². The first-order valence-electron chi connectivity index (χ1n) is 6.80. The minimum atomic E-state index is -0.212. The van der Waals surface area contributed by atoms with Gasteiger partial charge in [0, 0.05) is 24.7 Å². The molecule has 1 aromatic carbocycles. The Morgan fingerprint density at radius 2 is 1.95 bits per heavy atom. The van der Waals surface area contributed by atoms with Crippen molar-refractivity contribution in [3.8, 4) is 0 Å². The molecule has 0 saturated carbocycles. The van der Waals surface area contributed by atoms with Crippen molar-refractivity contribution in [1.29, 1.82) is 0 Å². The summed E-state index contributed by atoms with van der Waals surface area (Å²) in [6, 6.07) is 6.85. The molecular formula is C14H14ClN3O3S. The predicted molar refractivity (Wildman–Crippen MR) is 83.7 cm³/mol. The van der Waals surface area contributed by atoms with Gasteiger partial charge in [0.25, 0.3) is 5.24 Å². The van der Waals surface area contributed by atoms with Crippen LogP contribution in [0.5, 0.6) is 0 Å². The molecule has 0 spiro atoms.